The Balaban J connectivity index is 2.49. The Morgan fingerprint density at radius 2 is 2.46 bits per heavy atom. The smallest absolute Gasteiger partial charge is 0.231 e. The topological polar surface area (TPSA) is 59.2 Å². The highest BCUT2D eigenvalue weighted by Gasteiger charge is 2.07. The van der Waals surface area contributed by atoms with Crippen LogP contribution in [0.25, 0.3) is 0 Å². The molecule has 0 aliphatic heterocycles. The third kappa shape index (κ3) is 3.12. The van der Waals surface area contributed by atoms with Crippen molar-refractivity contribution in [2.24, 2.45) is 5.73 Å². The lowest BCUT2D eigenvalue weighted by Crippen LogP contribution is -2.30. The van der Waals surface area contributed by atoms with Crippen molar-refractivity contribution in [3.8, 4) is 0 Å². The lowest BCUT2D eigenvalue weighted by Gasteiger charge is -2.12. The third-order valence-electron chi connectivity index (χ3n) is 1.68. The van der Waals surface area contributed by atoms with E-state index in [1.54, 1.807) is 11.3 Å². The summed E-state index contributed by atoms with van der Waals surface area (Å²) in [7, 11) is 1.86. The summed E-state index contributed by atoms with van der Waals surface area (Å²) >= 11 is 1.60. The minimum absolute atomic E-state index is 0.289. The fourth-order valence-electron chi connectivity index (χ4n) is 1.05. The normalized spacial score (nSPS) is 10.7. The number of nitrogens with two attached hydrogens (primary N) is 1. The van der Waals surface area contributed by atoms with Crippen LogP contribution in [0.15, 0.2) is 5.51 Å². The number of hydrogen-bond acceptors (Lipinski definition) is 4. The summed E-state index contributed by atoms with van der Waals surface area (Å²) < 4.78 is 0. The Morgan fingerprint density at radius 3 is 2.92 bits per heavy atom. The molecule has 0 aromatic carbocycles. The molecule has 1 heterocycles. The van der Waals surface area contributed by atoms with Crippen LogP contribution in [0.5, 0.6) is 0 Å². The highest BCUT2D eigenvalue weighted by atomic mass is 32.1. The first-order chi connectivity index (χ1) is 6.09. The van der Waals surface area contributed by atoms with Crippen LogP contribution in [0.1, 0.15) is 10.6 Å². The highest BCUT2D eigenvalue weighted by molar-refractivity contribution is 7.09. The number of rotatable bonds is 4. The second-order valence-electron chi connectivity index (χ2n) is 3.00. The zero-order valence-corrected chi connectivity index (χ0v) is 8.60. The first kappa shape index (κ1) is 10.1. The zero-order valence-electron chi connectivity index (χ0n) is 7.78. The summed E-state index contributed by atoms with van der Waals surface area (Å²) in [6.07, 6.45) is 0. The van der Waals surface area contributed by atoms with E-state index in [9.17, 15) is 4.79 Å². The van der Waals surface area contributed by atoms with E-state index in [4.69, 9.17) is 5.73 Å². The van der Waals surface area contributed by atoms with Crippen LogP contribution in [-0.4, -0.2) is 29.4 Å². The van der Waals surface area contributed by atoms with Crippen LogP contribution in [0.3, 0.4) is 0 Å². The molecule has 5 heteroatoms. The van der Waals surface area contributed by atoms with E-state index < -0.39 is 0 Å². The minimum atomic E-state index is -0.301. The third-order valence-corrected chi connectivity index (χ3v) is 2.60. The fourth-order valence-corrected chi connectivity index (χ4v) is 1.90. The number of carbonyl (C=O) groups is 1. The maximum absolute atomic E-state index is 10.6. The van der Waals surface area contributed by atoms with Crippen molar-refractivity contribution >= 4 is 17.2 Å². The molecular weight excluding hydrogens is 186 g/mol. The van der Waals surface area contributed by atoms with E-state index in [1.807, 2.05) is 24.4 Å². The van der Waals surface area contributed by atoms with Crippen LogP contribution in [0.2, 0.25) is 0 Å². The van der Waals surface area contributed by atoms with E-state index in [-0.39, 0.29) is 12.5 Å². The quantitative estimate of drug-likeness (QED) is 0.762. The maximum Gasteiger partial charge on any atom is 0.231 e. The van der Waals surface area contributed by atoms with Gasteiger partial charge in [-0.3, -0.25) is 9.69 Å². The molecule has 1 aromatic heterocycles. The molecule has 1 aromatic rings. The standard InChI is InChI=1S/C8H13N3OS/c1-6-7(13-5-10-6)3-11(2)4-8(9)12/h5H,3-4H2,1-2H3,(H2,9,12). The van der Waals surface area contributed by atoms with Gasteiger partial charge in [-0.1, -0.05) is 0 Å². The van der Waals surface area contributed by atoms with Crippen molar-refractivity contribution in [3.63, 3.8) is 0 Å². The maximum atomic E-state index is 10.6. The second-order valence-corrected chi connectivity index (χ2v) is 3.94. The average molecular weight is 199 g/mol. The van der Waals surface area contributed by atoms with Crippen LogP contribution in [0.4, 0.5) is 0 Å². The lowest BCUT2D eigenvalue weighted by atomic mass is 10.3. The fraction of sp³-hybridized carbons (Fsp3) is 0.500. The number of amides is 1. The molecule has 0 spiro atoms. The molecule has 0 radical (unpaired) electrons. The van der Waals surface area contributed by atoms with Gasteiger partial charge in [-0.2, -0.15) is 0 Å². The first-order valence-corrected chi connectivity index (χ1v) is 4.83. The van der Waals surface area contributed by atoms with Gasteiger partial charge >= 0.3 is 0 Å². The number of nitrogens with zero attached hydrogens (tertiary/aromatic N) is 2. The molecule has 0 atom stereocenters. The van der Waals surface area contributed by atoms with E-state index >= 15 is 0 Å². The van der Waals surface area contributed by atoms with Crippen LogP contribution in [-0.2, 0) is 11.3 Å². The summed E-state index contributed by atoms with van der Waals surface area (Å²) in [5.74, 6) is -0.301. The van der Waals surface area contributed by atoms with E-state index in [1.165, 1.54) is 4.88 Å². The molecule has 0 bridgehead atoms. The Morgan fingerprint density at radius 1 is 1.77 bits per heavy atom. The zero-order chi connectivity index (χ0) is 9.84. The van der Waals surface area contributed by atoms with E-state index in [0.29, 0.717) is 0 Å². The van der Waals surface area contributed by atoms with Gasteiger partial charge in [0.25, 0.3) is 0 Å². The van der Waals surface area contributed by atoms with Crippen molar-refractivity contribution in [2.45, 2.75) is 13.5 Å². The molecule has 0 saturated carbocycles. The second kappa shape index (κ2) is 4.34. The van der Waals surface area contributed by atoms with Crippen molar-refractivity contribution in [3.05, 3.63) is 16.1 Å². The summed E-state index contributed by atoms with van der Waals surface area (Å²) in [5.41, 5.74) is 7.90. The number of aromatic nitrogens is 1. The molecule has 1 amide bonds. The molecule has 0 unspecified atom stereocenters. The average Bonchev–Trinajstić information content (AvgIpc) is 2.34. The van der Waals surface area contributed by atoms with Crippen molar-refractivity contribution < 1.29 is 4.79 Å². The number of thiazole rings is 1. The summed E-state index contributed by atoms with van der Waals surface area (Å²) in [6, 6.07) is 0. The van der Waals surface area contributed by atoms with Gasteiger partial charge in [0.1, 0.15) is 0 Å². The predicted molar refractivity (Wildman–Crippen MR) is 52.4 cm³/mol. The van der Waals surface area contributed by atoms with Crippen molar-refractivity contribution in [1.29, 1.82) is 0 Å². The van der Waals surface area contributed by atoms with Gasteiger partial charge in [0.2, 0.25) is 5.91 Å². The van der Waals surface area contributed by atoms with Gasteiger partial charge in [-0.05, 0) is 14.0 Å². The first-order valence-electron chi connectivity index (χ1n) is 3.95. The lowest BCUT2D eigenvalue weighted by molar-refractivity contribution is -0.118. The molecular formula is C8H13N3OS. The molecule has 4 nitrogen and oxygen atoms in total. The van der Waals surface area contributed by atoms with Gasteiger partial charge in [-0.25, -0.2) is 4.98 Å². The van der Waals surface area contributed by atoms with Crippen molar-refractivity contribution in [1.82, 2.24) is 9.88 Å². The molecule has 0 aliphatic rings. The molecule has 13 heavy (non-hydrogen) atoms. The monoisotopic (exact) mass is 199 g/mol. The van der Waals surface area contributed by atoms with Crippen molar-refractivity contribution in [2.75, 3.05) is 13.6 Å². The van der Waals surface area contributed by atoms with Crippen LogP contribution >= 0.6 is 11.3 Å². The Kier molecular flexibility index (Phi) is 3.39. The Hall–Kier alpha value is -0.940. The van der Waals surface area contributed by atoms with Crippen LogP contribution < -0.4 is 5.73 Å². The molecule has 0 fully saturated rings. The van der Waals surface area contributed by atoms with Gasteiger partial charge in [0.05, 0.1) is 17.7 Å². The minimum Gasteiger partial charge on any atom is -0.369 e. The number of aryl methyl sites for hydroxylation is 1. The van der Waals surface area contributed by atoms with E-state index in [2.05, 4.69) is 4.98 Å². The number of likely N-dealkylation sites (N-methyl/N-ethyl adjacent to an activating group) is 1. The molecule has 1 rings (SSSR count). The molecule has 72 valence electrons. The molecule has 0 saturated heterocycles. The van der Waals surface area contributed by atoms with Gasteiger partial charge in [0.15, 0.2) is 0 Å². The largest absolute Gasteiger partial charge is 0.369 e. The number of primary amides is 1. The van der Waals surface area contributed by atoms with Gasteiger partial charge in [0, 0.05) is 11.4 Å². The summed E-state index contributed by atoms with van der Waals surface area (Å²) in [4.78, 5) is 17.8. The highest BCUT2D eigenvalue weighted by Crippen LogP contribution is 2.13. The predicted octanol–water partition coefficient (Wildman–Crippen LogP) is 0.369. The summed E-state index contributed by atoms with van der Waals surface area (Å²) in [5, 5.41) is 0. The summed E-state index contributed by atoms with van der Waals surface area (Å²) in [6.45, 7) is 2.99. The molecule has 2 N–H and O–H groups in total. The number of hydrogen-bond donors (Lipinski definition) is 1. The SMILES string of the molecule is Cc1ncsc1CN(C)CC(N)=O. The van der Waals surface area contributed by atoms with Crippen LogP contribution in [0, 0.1) is 6.92 Å². The molecule has 0 aliphatic carbocycles. The van der Waals surface area contributed by atoms with E-state index in [0.717, 1.165) is 12.2 Å². The number of carbonyl (C=O) groups excluding carboxylic acids is 1. The Bertz CT molecular complexity index is 297. The van der Waals surface area contributed by atoms with Gasteiger partial charge in [-0.15, -0.1) is 11.3 Å². The Labute approximate surface area is 81.4 Å². The van der Waals surface area contributed by atoms with Gasteiger partial charge < -0.3 is 5.73 Å².